The molecule has 14 heteroatoms. The molecule has 0 atom stereocenters. The molecular formula is C29H27N5O5S4. The Kier molecular flexibility index (Phi) is 9.42. The summed E-state index contributed by atoms with van der Waals surface area (Å²) in [5, 5.41) is 8.36. The molecule has 0 aliphatic heterocycles. The van der Waals surface area contributed by atoms with Gasteiger partial charge in [-0.25, -0.2) is 18.5 Å². The van der Waals surface area contributed by atoms with E-state index in [-0.39, 0.29) is 22.1 Å². The molecule has 0 radical (unpaired) electrons. The fourth-order valence-electron chi connectivity index (χ4n) is 4.30. The van der Waals surface area contributed by atoms with Crippen molar-refractivity contribution in [2.24, 2.45) is 5.14 Å². The summed E-state index contributed by atoms with van der Waals surface area (Å²) in [7, 11) is -3.76. The number of primary sulfonamides is 1. The van der Waals surface area contributed by atoms with E-state index in [1.54, 1.807) is 16.7 Å². The number of benzene rings is 3. The van der Waals surface area contributed by atoms with E-state index in [9.17, 15) is 18.0 Å². The van der Waals surface area contributed by atoms with Gasteiger partial charge in [0.05, 0.1) is 22.9 Å². The highest BCUT2D eigenvalue weighted by atomic mass is 32.2. The molecule has 2 aromatic heterocycles. The Morgan fingerprint density at radius 1 is 1.02 bits per heavy atom. The van der Waals surface area contributed by atoms with E-state index in [2.05, 4.69) is 5.32 Å². The van der Waals surface area contributed by atoms with Crippen LogP contribution in [0.15, 0.2) is 93.7 Å². The van der Waals surface area contributed by atoms with E-state index < -0.39 is 10.0 Å². The maximum Gasteiger partial charge on any atom is 0.278 e. The number of hydrogen-bond donors (Lipinski definition) is 2. The summed E-state index contributed by atoms with van der Waals surface area (Å²) in [5.41, 5.74) is 2.36. The third-order valence-corrected chi connectivity index (χ3v) is 9.54. The Balaban J connectivity index is 1.39. The van der Waals surface area contributed by atoms with E-state index in [0.717, 1.165) is 28.8 Å². The monoisotopic (exact) mass is 653 g/mol. The van der Waals surface area contributed by atoms with Crippen molar-refractivity contribution in [1.82, 2.24) is 19.4 Å². The summed E-state index contributed by atoms with van der Waals surface area (Å²) < 4.78 is 32.6. The zero-order valence-electron chi connectivity index (χ0n) is 22.9. The summed E-state index contributed by atoms with van der Waals surface area (Å²) >= 11 is 7.99. The van der Waals surface area contributed by atoms with Crippen molar-refractivity contribution in [3.63, 3.8) is 0 Å². The first-order valence-electron chi connectivity index (χ1n) is 13.1. The van der Waals surface area contributed by atoms with Crippen molar-refractivity contribution in [2.45, 2.75) is 23.4 Å². The second kappa shape index (κ2) is 13.2. The minimum absolute atomic E-state index is 0.0169. The first-order valence-corrected chi connectivity index (χ1v) is 16.9. The average molecular weight is 654 g/mol. The van der Waals surface area contributed by atoms with Gasteiger partial charge in [0, 0.05) is 12.2 Å². The fraction of sp³-hybridized carbons (Fsp3) is 0.172. The topological polar surface area (TPSA) is 138 Å². The number of fused-ring (bicyclic) bond motifs is 1. The maximum absolute atomic E-state index is 13.8. The number of carbonyl (C=O) groups is 1. The number of rotatable bonds is 11. The van der Waals surface area contributed by atoms with E-state index in [1.807, 2.05) is 61.5 Å². The molecular weight excluding hydrogens is 627 g/mol. The summed E-state index contributed by atoms with van der Waals surface area (Å²) in [6.45, 7) is 2.80. The first kappa shape index (κ1) is 30.6. The third kappa shape index (κ3) is 7.05. The SMILES string of the molecule is CCOc1ccc(-n2c(=S)sc3c(=O)n(-c4ccccc4)c(SCC(=O)NCCc4ccc(S(N)(=O)=O)cc4)nc32)cc1. The van der Waals surface area contributed by atoms with Crippen molar-refractivity contribution in [2.75, 3.05) is 18.9 Å². The zero-order valence-corrected chi connectivity index (χ0v) is 26.2. The standard InChI is InChI=1S/C29H27N5O5S4/c1-2-39-22-12-10-21(11-13-22)33-26-25(42-29(33)40)27(36)34(20-6-4-3-5-7-20)28(32-26)41-18-24(35)31-17-16-19-8-14-23(15-9-19)43(30,37)38/h3-15H,2,16-18H2,1H3,(H,31,35)(H2,30,37,38). The number of thioether (sulfide) groups is 1. The number of amides is 1. The van der Waals surface area contributed by atoms with Gasteiger partial charge in [-0.2, -0.15) is 0 Å². The van der Waals surface area contributed by atoms with Gasteiger partial charge < -0.3 is 10.1 Å². The largest absolute Gasteiger partial charge is 0.494 e. The highest BCUT2D eigenvalue weighted by molar-refractivity contribution is 7.99. The summed E-state index contributed by atoms with van der Waals surface area (Å²) in [4.78, 5) is 31.5. The number of thiazole rings is 1. The van der Waals surface area contributed by atoms with Gasteiger partial charge >= 0.3 is 0 Å². The zero-order chi connectivity index (χ0) is 30.6. The van der Waals surface area contributed by atoms with Crippen molar-refractivity contribution in [1.29, 1.82) is 0 Å². The summed E-state index contributed by atoms with van der Waals surface area (Å²) in [6, 6.07) is 22.7. The van der Waals surface area contributed by atoms with Crippen LogP contribution in [0.2, 0.25) is 0 Å². The first-order chi connectivity index (χ1) is 20.7. The molecule has 1 amide bonds. The van der Waals surface area contributed by atoms with E-state index in [0.29, 0.717) is 44.7 Å². The van der Waals surface area contributed by atoms with Gasteiger partial charge in [0.1, 0.15) is 10.4 Å². The van der Waals surface area contributed by atoms with Crippen LogP contribution in [0.25, 0.3) is 21.7 Å². The Labute approximate surface area is 261 Å². The van der Waals surface area contributed by atoms with Crippen LogP contribution in [-0.2, 0) is 21.2 Å². The predicted octanol–water partition coefficient (Wildman–Crippen LogP) is 4.46. The minimum Gasteiger partial charge on any atom is -0.494 e. The molecule has 0 aliphatic carbocycles. The molecule has 0 fully saturated rings. The second-order valence-corrected chi connectivity index (χ2v) is 13.4. The number of aromatic nitrogens is 3. The third-order valence-electron chi connectivity index (χ3n) is 6.32. The predicted molar refractivity (Wildman–Crippen MR) is 172 cm³/mol. The average Bonchev–Trinajstić information content (AvgIpc) is 3.33. The lowest BCUT2D eigenvalue weighted by atomic mass is 10.1. The Hall–Kier alpha value is -3.82. The highest BCUT2D eigenvalue weighted by Gasteiger charge is 2.20. The van der Waals surface area contributed by atoms with E-state index >= 15 is 0 Å². The molecule has 2 heterocycles. The Bertz CT molecular complexity index is 1990. The number of ether oxygens (including phenoxy) is 1. The van der Waals surface area contributed by atoms with Gasteiger partial charge in [-0.3, -0.25) is 18.7 Å². The van der Waals surface area contributed by atoms with Crippen LogP contribution in [0, 0.1) is 3.95 Å². The van der Waals surface area contributed by atoms with Gasteiger partial charge in [0.25, 0.3) is 5.56 Å². The van der Waals surface area contributed by atoms with Gasteiger partial charge in [-0.15, -0.1) is 0 Å². The molecule has 0 bridgehead atoms. The van der Waals surface area contributed by atoms with Crippen LogP contribution in [0.3, 0.4) is 0 Å². The summed E-state index contributed by atoms with van der Waals surface area (Å²) in [5.74, 6) is 0.497. The molecule has 0 aliphatic rings. The normalized spacial score (nSPS) is 11.5. The maximum atomic E-state index is 13.8. The fourth-order valence-corrected chi connectivity index (χ4v) is 6.95. The van der Waals surface area contributed by atoms with Crippen molar-refractivity contribution in [3.8, 4) is 17.1 Å². The highest BCUT2D eigenvalue weighted by Crippen LogP contribution is 2.28. The van der Waals surface area contributed by atoms with Crippen molar-refractivity contribution < 1.29 is 17.9 Å². The lowest BCUT2D eigenvalue weighted by Crippen LogP contribution is -2.28. The number of para-hydroxylation sites is 1. The molecule has 0 spiro atoms. The van der Waals surface area contributed by atoms with Crippen LogP contribution < -0.4 is 20.8 Å². The van der Waals surface area contributed by atoms with Gasteiger partial charge in [-0.1, -0.05) is 53.4 Å². The van der Waals surface area contributed by atoms with Crippen LogP contribution in [0.4, 0.5) is 0 Å². The molecule has 3 aromatic carbocycles. The molecule has 43 heavy (non-hydrogen) atoms. The number of sulfonamides is 1. The molecule has 5 rings (SSSR count). The van der Waals surface area contributed by atoms with Crippen LogP contribution in [0.5, 0.6) is 5.75 Å². The molecule has 0 saturated heterocycles. The molecule has 0 unspecified atom stereocenters. The minimum atomic E-state index is -3.76. The molecule has 0 saturated carbocycles. The van der Waals surface area contributed by atoms with Crippen LogP contribution in [0.1, 0.15) is 12.5 Å². The van der Waals surface area contributed by atoms with Gasteiger partial charge in [0.2, 0.25) is 15.9 Å². The lowest BCUT2D eigenvalue weighted by Gasteiger charge is -2.13. The van der Waals surface area contributed by atoms with Crippen LogP contribution >= 0.6 is 35.3 Å². The van der Waals surface area contributed by atoms with Crippen molar-refractivity contribution >= 4 is 61.6 Å². The number of nitrogens with one attached hydrogen (secondary N) is 1. The number of nitrogens with two attached hydrogens (primary N) is 1. The number of hydrogen-bond acceptors (Lipinski definition) is 9. The van der Waals surface area contributed by atoms with Gasteiger partial charge in [-0.05, 0) is 79.7 Å². The quantitative estimate of drug-likeness (QED) is 0.121. The molecule has 5 aromatic rings. The second-order valence-electron chi connectivity index (χ2n) is 9.23. The molecule has 222 valence electrons. The van der Waals surface area contributed by atoms with Crippen LogP contribution in [-0.4, -0.2) is 47.3 Å². The molecule has 10 nitrogen and oxygen atoms in total. The van der Waals surface area contributed by atoms with Crippen molar-refractivity contribution in [3.05, 3.63) is 98.7 Å². The van der Waals surface area contributed by atoms with E-state index in [4.69, 9.17) is 27.1 Å². The number of carbonyl (C=O) groups excluding carboxylic acids is 1. The smallest absolute Gasteiger partial charge is 0.278 e. The Morgan fingerprint density at radius 2 is 1.70 bits per heavy atom. The number of nitrogens with zero attached hydrogens (tertiary/aromatic N) is 3. The van der Waals surface area contributed by atoms with E-state index in [1.165, 1.54) is 28.0 Å². The summed E-state index contributed by atoms with van der Waals surface area (Å²) in [6.07, 6.45) is 0.499. The Morgan fingerprint density at radius 3 is 2.35 bits per heavy atom. The molecule has 3 N–H and O–H groups in total. The lowest BCUT2D eigenvalue weighted by molar-refractivity contribution is -0.118. The van der Waals surface area contributed by atoms with Gasteiger partial charge in [0.15, 0.2) is 14.8 Å².